The summed E-state index contributed by atoms with van der Waals surface area (Å²) in [4.78, 5) is 13.9. The van der Waals surface area contributed by atoms with E-state index in [0.717, 1.165) is 6.42 Å². The van der Waals surface area contributed by atoms with E-state index >= 15 is 0 Å². The molecule has 1 aliphatic rings. The quantitative estimate of drug-likeness (QED) is 0.443. The molecule has 10 heavy (non-hydrogen) atoms. The molecule has 1 saturated carbocycles. The van der Waals surface area contributed by atoms with Gasteiger partial charge in [-0.2, -0.15) is 0 Å². The van der Waals surface area contributed by atoms with Gasteiger partial charge in [-0.25, -0.2) is 0 Å². The second-order valence-electron chi connectivity index (χ2n) is 3.41. The van der Waals surface area contributed by atoms with Crippen molar-refractivity contribution in [1.82, 2.24) is 0 Å². The van der Waals surface area contributed by atoms with Crippen LogP contribution in [0.1, 0.15) is 20.3 Å². The standard InChI is InChI=1S/C6H11NO3/c1-6(2)3-5(6)4-10-7(8)9/h5H,3-4H2,1-2H3. The topological polar surface area (TPSA) is 52.4 Å². The largest absolute Gasteiger partial charge is 0.314 e. The summed E-state index contributed by atoms with van der Waals surface area (Å²) >= 11 is 0. The molecule has 0 spiro atoms. The van der Waals surface area contributed by atoms with Gasteiger partial charge in [0.15, 0.2) is 0 Å². The molecule has 0 N–H and O–H groups in total. The first-order valence-electron chi connectivity index (χ1n) is 3.30. The first-order valence-corrected chi connectivity index (χ1v) is 3.30. The van der Waals surface area contributed by atoms with Gasteiger partial charge in [0.05, 0.1) is 6.61 Å². The minimum absolute atomic E-state index is 0.264. The van der Waals surface area contributed by atoms with Crippen molar-refractivity contribution in [2.45, 2.75) is 20.3 Å². The highest BCUT2D eigenvalue weighted by atomic mass is 16.9. The Balaban J connectivity index is 2.13. The van der Waals surface area contributed by atoms with Gasteiger partial charge >= 0.3 is 0 Å². The van der Waals surface area contributed by atoms with Crippen molar-refractivity contribution < 1.29 is 9.92 Å². The average Bonchev–Trinajstić information content (AvgIpc) is 2.35. The Morgan fingerprint density at radius 2 is 2.30 bits per heavy atom. The van der Waals surface area contributed by atoms with E-state index < -0.39 is 5.09 Å². The zero-order chi connectivity index (χ0) is 7.78. The van der Waals surface area contributed by atoms with Crippen molar-refractivity contribution in [3.8, 4) is 0 Å². The second kappa shape index (κ2) is 2.11. The number of hydrogen-bond donors (Lipinski definition) is 0. The molecule has 1 aliphatic carbocycles. The van der Waals surface area contributed by atoms with Crippen molar-refractivity contribution in [3.63, 3.8) is 0 Å². The smallest absolute Gasteiger partial charge is 0.294 e. The molecule has 1 unspecified atom stereocenters. The fourth-order valence-corrected chi connectivity index (χ4v) is 1.01. The molecule has 4 nitrogen and oxygen atoms in total. The lowest BCUT2D eigenvalue weighted by molar-refractivity contribution is -0.758. The summed E-state index contributed by atoms with van der Waals surface area (Å²) in [6, 6.07) is 0. The average molecular weight is 145 g/mol. The van der Waals surface area contributed by atoms with Crippen LogP contribution in [-0.4, -0.2) is 11.7 Å². The number of hydrogen-bond acceptors (Lipinski definition) is 3. The first-order chi connectivity index (χ1) is 4.52. The molecule has 4 heteroatoms. The molecule has 0 aromatic rings. The minimum Gasteiger partial charge on any atom is -0.314 e. The normalized spacial score (nSPS) is 27.6. The molecule has 0 saturated heterocycles. The highest BCUT2D eigenvalue weighted by molar-refractivity contribution is 4.94. The minimum atomic E-state index is -0.728. The van der Waals surface area contributed by atoms with Crippen LogP contribution >= 0.6 is 0 Å². The lowest BCUT2D eigenvalue weighted by Gasteiger charge is -1.99. The molecular formula is C6H11NO3. The summed E-state index contributed by atoms with van der Waals surface area (Å²) in [6.07, 6.45) is 1.04. The van der Waals surface area contributed by atoms with Crippen LogP contribution in [0.4, 0.5) is 0 Å². The van der Waals surface area contributed by atoms with Gasteiger partial charge in [-0.15, -0.1) is 10.1 Å². The van der Waals surface area contributed by atoms with Crippen LogP contribution in [0.25, 0.3) is 0 Å². The maximum atomic E-state index is 9.73. The molecule has 0 aliphatic heterocycles. The lowest BCUT2D eigenvalue weighted by atomic mass is 10.1. The van der Waals surface area contributed by atoms with Crippen LogP contribution in [0.2, 0.25) is 0 Å². The molecule has 0 amide bonds. The van der Waals surface area contributed by atoms with E-state index in [0.29, 0.717) is 5.92 Å². The van der Waals surface area contributed by atoms with Crippen LogP contribution in [-0.2, 0) is 4.84 Å². The van der Waals surface area contributed by atoms with Crippen molar-refractivity contribution in [2.75, 3.05) is 6.61 Å². The third kappa shape index (κ3) is 1.59. The zero-order valence-corrected chi connectivity index (χ0v) is 6.16. The van der Waals surface area contributed by atoms with Gasteiger partial charge < -0.3 is 4.84 Å². The Morgan fingerprint density at radius 3 is 2.60 bits per heavy atom. The van der Waals surface area contributed by atoms with Crippen molar-refractivity contribution >= 4 is 0 Å². The van der Waals surface area contributed by atoms with Gasteiger partial charge in [0.2, 0.25) is 0 Å². The lowest BCUT2D eigenvalue weighted by Crippen LogP contribution is -2.06. The van der Waals surface area contributed by atoms with E-state index in [-0.39, 0.29) is 12.0 Å². The molecule has 1 atom stereocenters. The molecule has 58 valence electrons. The molecule has 0 aromatic carbocycles. The highest BCUT2D eigenvalue weighted by Gasteiger charge is 2.45. The van der Waals surface area contributed by atoms with Gasteiger partial charge in [0.25, 0.3) is 5.09 Å². The Morgan fingerprint density at radius 1 is 1.80 bits per heavy atom. The summed E-state index contributed by atoms with van der Waals surface area (Å²) < 4.78 is 0. The first kappa shape index (κ1) is 7.31. The monoisotopic (exact) mass is 145 g/mol. The molecule has 1 fully saturated rings. The van der Waals surface area contributed by atoms with Crippen LogP contribution in [0.5, 0.6) is 0 Å². The van der Waals surface area contributed by atoms with E-state index in [1.54, 1.807) is 0 Å². The Kier molecular flexibility index (Phi) is 1.54. The number of rotatable bonds is 3. The number of nitrogens with zero attached hydrogens (tertiary/aromatic N) is 1. The summed E-state index contributed by atoms with van der Waals surface area (Å²) in [7, 11) is 0. The van der Waals surface area contributed by atoms with Crippen LogP contribution < -0.4 is 0 Å². The van der Waals surface area contributed by atoms with Crippen LogP contribution in [0.15, 0.2) is 0 Å². The van der Waals surface area contributed by atoms with Gasteiger partial charge in [-0.1, -0.05) is 13.8 Å². The third-order valence-corrected chi connectivity index (χ3v) is 2.10. The molecule has 1 rings (SSSR count). The van der Waals surface area contributed by atoms with Gasteiger partial charge in [-0.05, 0) is 17.8 Å². The van der Waals surface area contributed by atoms with E-state index in [1.165, 1.54) is 0 Å². The molecule has 0 bridgehead atoms. The predicted octanol–water partition coefficient (Wildman–Crippen LogP) is 1.24. The molecule has 0 heterocycles. The summed E-state index contributed by atoms with van der Waals surface area (Å²) in [5, 5.41) is 9.00. The van der Waals surface area contributed by atoms with E-state index in [1.807, 2.05) is 0 Å². The van der Waals surface area contributed by atoms with E-state index in [2.05, 4.69) is 18.7 Å². The van der Waals surface area contributed by atoms with Gasteiger partial charge in [0.1, 0.15) is 0 Å². The van der Waals surface area contributed by atoms with Gasteiger partial charge in [0, 0.05) is 0 Å². The molecule has 0 aromatic heterocycles. The SMILES string of the molecule is CC1(C)CC1CO[N+](=O)[O-]. The maximum absolute atomic E-state index is 9.73. The Hall–Kier alpha value is -0.800. The maximum Gasteiger partial charge on any atom is 0.294 e. The van der Waals surface area contributed by atoms with Crippen molar-refractivity contribution in [1.29, 1.82) is 0 Å². The Bertz CT molecular complexity index is 155. The van der Waals surface area contributed by atoms with Crippen LogP contribution in [0.3, 0.4) is 0 Å². The second-order valence-corrected chi connectivity index (χ2v) is 3.41. The Labute approximate surface area is 59.3 Å². The van der Waals surface area contributed by atoms with Crippen molar-refractivity contribution in [2.24, 2.45) is 11.3 Å². The summed E-state index contributed by atoms with van der Waals surface area (Å²) in [5.74, 6) is 0.387. The summed E-state index contributed by atoms with van der Waals surface area (Å²) in [6.45, 7) is 4.43. The fourth-order valence-electron chi connectivity index (χ4n) is 1.01. The van der Waals surface area contributed by atoms with E-state index in [4.69, 9.17) is 0 Å². The van der Waals surface area contributed by atoms with Gasteiger partial charge in [-0.3, -0.25) is 0 Å². The summed E-state index contributed by atoms with van der Waals surface area (Å²) in [5.41, 5.74) is 0.274. The third-order valence-electron chi connectivity index (χ3n) is 2.10. The van der Waals surface area contributed by atoms with Crippen LogP contribution in [0, 0.1) is 21.4 Å². The predicted molar refractivity (Wildman–Crippen MR) is 34.8 cm³/mol. The zero-order valence-electron chi connectivity index (χ0n) is 6.16. The highest BCUT2D eigenvalue weighted by Crippen LogP contribution is 2.51. The van der Waals surface area contributed by atoms with Crippen molar-refractivity contribution in [3.05, 3.63) is 10.1 Å². The fraction of sp³-hybridized carbons (Fsp3) is 1.00. The van der Waals surface area contributed by atoms with E-state index in [9.17, 15) is 10.1 Å². The molecule has 0 radical (unpaired) electrons. The molecular weight excluding hydrogens is 134 g/mol.